The number of ketones is 1. The minimum atomic E-state index is -0.0447. The van der Waals surface area contributed by atoms with Gasteiger partial charge in [0.15, 0.2) is 5.82 Å². The van der Waals surface area contributed by atoms with Crippen molar-refractivity contribution in [3.63, 3.8) is 0 Å². The number of aryl methyl sites for hydroxylation is 1. The maximum atomic E-state index is 11.6. The van der Waals surface area contributed by atoms with E-state index in [4.69, 9.17) is 0 Å². The van der Waals surface area contributed by atoms with Crippen LogP contribution in [0.15, 0.2) is 17.5 Å². The first-order chi connectivity index (χ1) is 11.7. The van der Waals surface area contributed by atoms with E-state index in [9.17, 15) is 9.90 Å². The van der Waals surface area contributed by atoms with Crippen LogP contribution in [0.3, 0.4) is 0 Å². The van der Waals surface area contributed by atoms with Crippen molar-refractivity contribution in [2.24, 2.45) is 0 Å². The Bertz CT molecular complexity index is 858. The van der Waals surface area contributed by atoms with Crippen LogP contribution in [0.25, 0.3) is 4.96 Å². The number of hydrogen-bond acceptors (Lipinski definition) is 7. The zero-order valence-corrected chi connectivity index (χ0v) is 14.9. The Kier molecular flexibility index (Phi) is 4.11. The summed E-state index contributed by atoms with van der Waals surface area (Å²) >= 11 is 3.15. The highest BCUT2D eigenvalue weighted by molar-refractivity contribution is 7.17. The molecule has 1 atom stereocenters. The Hall–Kier alpha value is -1.77. The minimum absolute atomic E-state index is 0.0447. The third-order valence-electron chi connectivity index (χ3n) is 4.34. The topological polar surface area (TPSA) is 70.7 Å². The molecule has 0 saturated carbocycles. The van der Waals surface area contributed by atoms with E-state index in [1.165, 1.54) is 20.7 Å². The summed E-state index contributed by atoms with van der Waals surface area (Å²) in [7, 11) is 0. The molecule has 8 heteroatoms. The maximum Gasteiger partial charge on any atom is 0.230 e. The first kappa shape index (κ1) is 15.7. The molecule has 0 aliphatic carbocycles. The molecule has 0 bridgehead atoms. The Morgan fingerprint density at radius 2 is 2.17 bits per heavy atom. The predicted octanol–water partition coefficient (Wildman–Crippen LogP) is 2.87. The first-order valence-electron chi connectivity index (χ1n) is 8.03. The molecular formula is C16H18N4O2S2. The van der Waals surface area contributed by atoms with E-state index in [0.29, 0.717) is 36.7 Å². The Morgan fingerprint density at radius 3 is 2.79 bits per heavy atom. The zero-order valence-electron chi connectivity index (χ0n) is 13.3. The standard InChI is InChI=1S/C16H18N4O2S2/c1-2-12-17-16-20(18-12)15(22)14(24-16)13(11-4-3-9-23-11)19-7-5-10(21)6-8-19/h3-4,9,13,22H,2,5-8H2,1H3. The summed E-state index contributed by atoms with van der Waals surface area (Å²) in [5.74, 6) is 1.22. The lowest BCUT2D eigenvalue weighted by Crippen LogP contribution is -2.36. The van der Waals surface area contributed by atoms with Gasteiger partial charge in [-0.3, -0.25) is 9.69 Å². The van der Waals surface area contributed by atoms with Crippen LogP contribution in [0.4, 0.5) is 0 Å². The molecule has 0 amide bonds. The molecule has 4 heterocycles. The quantitative estimate of drug-likeness (QED) is 0.773. The number of aromatic hydroxyl groups is 1. The van der Waals surface area contributed by atoms with Gasteiger partial charge < -0.3 is 5.11 Å². The molecule has 3 aromatic heterocycles. The molecular weight excluding hydrogens is 344 g/mol. The summed E-state index contributed by atoms with van der Waals surface area (Å²) in [5, 5.41) is 17.1. The largest absolute Gasteiger partial charge is 0.492 e. The van der Waals surface area contributed by atoms with Gasteiger partial charge in [-0.1, -0.05) is 24.3 Å². The van der Waals surface area contributed by atoms with Gasteiger partial charge in [0.2, 0.25) is 10.8 Å². The molecule has 6 nitrogen and oxygen atoms in total. The van der Waals surface area contributed by atoms with Crippen LogP contribution in [0.1, 0.15) is 41.4 Å². The first-order valence-corrected chi connectivity index (χ1v) is 9.73. The number of piperidine rings is 1. The number of Topliss-reactive ketones (excluding diaryl/α,β-unsaturated/α-hetero) is 1. The number of thiazole rings is 1. The van der Waals surface area contributed by atoms with E-state index in [1.807, 2.05) is 18.4 Å². The molecule has 0 spiro atoms. The number of nitrogens with zero attached hydrogens (tertiary/aromatic N) is 4. The van der Waals surface area contributed by atoms with Gasteiger partial charge in [0.1, 0.15) is 5.78 Å². The van der Waals surface area contributed by atoms with Gasteiger partial charge in [-0.05, 0) is 11.4 Å². The van der Waals surface area contributed by atoms with Crippen molar-refractivity contribution in [3.05, 3.63) is 33.1 Å². The molecule has 126 valence electrons. The lowest BCUT2D eigenvalue weighted by molar-refractivity contribution is -0.121. The van der Waals surface area contributed by atoms with Gasteiger partial charge in [0, 0.05) is 37.2 Å². The summed E-state index contributed by atoms with van der Waals surface area (Å²) < 4.78 is 1.54. The molecule has 1 aliphatic rings. The van der Waals surface area contributed by atoms with Crippen LogP contribution < -0.4 is 0 Å². The molecule has 1 fully saturated rings. The second-order valence-corrected chi connectivity index (χ2v) is 7.85. The summed E-state index contributed by atoms with van der Waals surface area (Å²) in [6.07, 6.45) is 1.89. The van der Waals surface area contributed by atoms with Crippen LogP contribution in [0, 0.1) is 0 Å². The zero-order chi connectivity index (χ0) is 16.7. The van der Waals surface area contributed by atoms with E-state index < -0.39 is 0 Å². The normalized spacial score (nSPS) is 17.6. The maximum absolute atomic E-state index is 11.6. The average molecular weight is 362 g/mol. The lowest BCUT2D eigenvalue weighted by Gasteiger charge is -2.32. The monoisotopic (exact) mass is 362 g/mol. The van der Waals surface area contributed by atoms with E-state index in [2.05, 4.69) is 21.0 Å². The SMILES string of the molecule is CCc1nc2sc(C(c3cccs3)N3CCC(=O)CC3)c(O)n2n1. The van der Waals surface area contributed by atoms with Crippen LogP contribution in [-0.4, -0.2) is 43.5 Å². The van der Waals surface area contributed by atoms with Crippen LogP contribution in [-0.2, 0) is 11.2 Å². The number of hydrogen-bond donors (Lipinski definition) is 1. The Balaban J connectivity index is 1.77. The molecule has 0 radical (unpaired) electrons. The van der Waals surface area contributed by atoms with Crippen LogP contribution in [0.5, 0.6) is 5.88 Å². The average Bonchev–Trinajstić information content (AvgIpc) is 3.29. The fraction of sp³-hybridized carbons (Fsp3) is 0.438. The van der Waals surface area contributed by atoms with Gasteiger partial charge >= 0.3 is 0 Å². The van der Waals surface area contributed by atoms with Gasteiger partial charge in [-0.2, -0.15) is 4.52 Å². The highest BCUT2D eigenvalue weighted by Crippen LogP contribution is 2.41. The third-order valence-corrected chi connectivity index (χ3v) is 6.34. The number of rotatable bonds is 4. The Morgan fingerprint density at radius 1 is 1.38 bits per heavy atom. The van der Waals surface area contributed by atoms with Gasteiger partial charge in [-0.15, -0.1) is 16.4 Å². The third kappa shape index (κ3) is 2.64. The highest BCUT2D eigenvalue weighted by atomic mass is 32.1. The summed E-state index contributed by atoms with van der Waals surface area (Å²) in [6, 6.07) is 4.06. The summed E-state index contributed by atoms with van der Waals surface area (Å²) in [6.45, 7) is 3.43. The van der Waals surface area contributed by atoms with Crippen molar-refractivity contribution in [1.82, 2.24) is 19.5 Å². The van der Waals surface area contributed by atoms with Crippen molar-refractivity contribution in [2.45, 2.75) is 32.2 Å². The number of fused-ring (bicyclic) bond motifs is 1. The second-order valence-electron chi connectivity index (χ2n) is 5.86. The number of likely N-dealkylation sites (tertiary alicyclic amines) is 1. The second kappa shape index (κ2) is 6.27. The fourth-order valence-corrected chi connectivity index (χ4v) is 5.14. The van der Waals surface area contributed by atoms with E-state index in [0.717, 1.165) is 17.1 Å². The molecule has 0 aromatic carbocycles. The van der Waals surface area contributed by atoms with Crippen molar-refractivity contribution < 1.29 is 9.90 Å². The number of thiophene rings is 1. The molecule has 24 heavy (non-hydrogen) atoms. The molecule has 1 unspecified atom stereocenters. The van der Waals surface area contributed by atoms with E-state index in [1.54, 1.807) is 11.3 Å². The molecule has 4 rings (SSSR count). The van der Waals surface area contributed by atoms with Crippen molar-refractivity contribution in [3.8, 4) is 5.88 Å². The Labute approximate surface area is 147 Å². The molecule has 1 saturated heterocycles. The van der Waals surface area contributed by atoms with Crippen molar-refractivity contribution in [2.75, 3.05) is 13.1 Å². The van der Waals surface area contributed by atoms with Crippen LogP contribution in [0.2, 0.25) is 0 Å². The fourth-order valence-electron chi connectivity index (χ4n) is 3.07. The molecule has 1 aliphatic heterocycles. The van der Waals surface area contributed by atoms with E-state index >= 15 is 0 Å². The molecule has 1 N–H and O–H groups in total. The van der Waals surface area contributed by atoms with Gasteiger partial charge in [0.05, 0.1) is 10.9 Å². The molecule has 3 aromatic rings. The number of aromatic nitrogens is 3. The minimum Gasteiger partial charge on any atom is -0.492 e. The van der Waals surface area contributed by atoms with Crippen LogP contribution >= 0.6 is 22.7 Å². The smallest absolute Gasteiger partial charge is 0.230 e. The number of carbonyl (C=O) groups is 1. The number of carbonyl (C=O) groups excluding carboxylic acids is 1. The van der Waals surface area contributed by atoms with Crippen molar-refractivity contribution >= 4 is 33.4 Å². The van der Waals surface area contributed by atoms with E-state index in [-0.39, 0.29) is 11.9 Å². The van der Waals surface area contributed by atoms with Gasteiger partial charge in [-0.25, -0.2) is 4.98 Å². The predicted molar refractivity (Wildman–Crippen MR) is 93.9 cm³/mol. The summed E-state index contributed by atoms with van der Waals surface area (Å²) in [4.78, 5) is 21.1. The lowest BCUT2D eigenvalue weighted by atomic mass is 10.1. The van der Waals surface area contributed by atoms with Crippen molar-refractivity contribution in [1.29, 1.82) is 0 Å². The highest BCUT2D eigenvalue weighted by Gasteiger charge is 2.32. The van der Waals surface area contributed by atoms with Gasteiger partial charge in [0.25, 0.3) is 0 Å². The summed E-state index contributed by atoms with van der Waals surface area (Å²) in [5.41, 5.74) is 0.